The zero-order valence-electron chi connectivity index (χ0n) is 14.9. The number of methoxy groups -OCH3 is 1. The molecule has 1 N–H and O–H groups in total. The van der Waals surface area contributed by atoms with Gasteiger partial charge in [-0.3, -0.25) is 4.79 Å². The zero-order valence-corrected chi connectivity index (χ0v) is 16.4. The molecule has 0 aromatic heterocycles. The molecule has 0 atom stereocenters. The summed E-state index contributed by atoms with van der Waals surface area (Å²) in [5, 5.41) is 3.07. The van der Waals surface area contributed by atoms with Gasteiger partial charge in [0.15, 0.2) is 6.61 Å². The lowest BCUT2D eigenvalue weighted by Gasteiger charge is -2.11. The van der Waals surface area contributed by atoms with Gasteiger partial charge in [-0.25, -0.2) is 4.79 Å². The maximum Gasteiger partial charge on any atom is 0.338 e. The van der Waals surface area contributed by atoms with Gasteiger partial charge >= 0.3 is 5.97 Å². The number of ether oxygens (including phenoxy) is 3. The molecule has 6 nitrogen and oxygen atoms in total. The first-order chi connectivity index (χ1) is 13.0. The van der Waals surface area contributed by atoms with E-state index in [0.29, 0.717) is 40.8 Å². The second kappa shape index (κ2) is 10.2. The molecule has 0 aliphatic rings. The summed E-state index contributed by atoms with van der Waals surface area (Å²) in [7, 11) is 1.54. The van der Waals surface area contributed by atoms with E-state index in [2.05, 4.69) is 5.32 Å². The van der Waals surface area contributed by atoms with Gasteiger partial charge in [0.25, 0.3) is 5.91 Å². The van der Waals surface area contributed by atoms with Crippen LogP contribution in [-0.4, -0.2) is 32.2 Å². The minimum Gasteiger partial charge on any atom is -0.496 e. The first-order valence-corrected chi connectivity index (χ1v) is 8.87. The van der Waals surface area contributed by atoms with Crippen LogP contribution in [-0.2, 0) is 20.9 Å². The van der Waals surface area contributed by atoms with Crippen LogP contribution < -0.4 is 10.1 Å². The van der Waals surface area contributed by atoms with Crippen LogP contribution in [0.3, 0.4) is 0 Å². The van der Waals surface area contributed by atoms with Crippen LogP contribution >= 0.6 is 23.2 Å². The Balaban J connectivity index is 1.98. The highest BCUT2D eigenvalue weighted by atomic mass is 35.5. The van der Waals surface area contributed by atoms with E-state index in [-0.39, 0.29) is 5.02 Å². The van der Waals surface area contributed by atoms with Crippen molar-refractivity contribution in [3.8, 4) is 5.75 Å². The largest absolute Gasteiger partial charge is 0.496 e. The molecule has 0 saturated carbocycles. The van der Waals surface area contributed by atoms with E-state index >= 15 is 0 Å². The lowest BCUT2D eigenvalue weighted by Crippen LogP contribution is -2.21. The van der Waals surface area contributed by atoms with E-state index in [1.165, 1.54) is 7.11 Å². The van der Waals surface area contributed by atoms with Crippen molar-refractivity contribution in [3.05, 3.63) is 57.6 Å². The summed E-state index contributed by atoms with van der Waals surface area (Å²) in [6.07, 6.45) is 0. The molecule has 1 amide bonds. The summed E-state index contributed by atoms with van der Waals surface area (Å²) >= 11 is 11.9. The number of halogens is 2. The van der Waals surface area contributed by atoms with E-state index in [9.17, 15) is 9.59 Å². The number of nitrogens with one attached hydrogen (secondary N) is 1. The fourth-order valence-corrected chi connectivity index (χ4v) is 2.58. The number of anilines is 1. The van der Waals surface area contributed by atoms with Crippen LogP contribution in [0.15, 0.2) is 36.4 Å². The van der Waals surface area contributed by atoms with Gasteiger partial charge in [-0.1, -0.05) is 29.3 Å². The highest BCUT2D eigenvalue weighted by Gasteiger charge is 2.14. The number of rotatable bonds is 8. The van der Waals surface area contributed by atoms with Gasteiger partial charge in [-0.05, 0) is 37.3 Å². The number of carbonyl (C=O) groups is 2. The monoisotopic (exact) mass is 411 g/mol. The fourth-order valence-electron chi connectivity index (χ4n) is 2.23. The second-order valence-electron chi connectivity index (χ2n) is 5.39. The van der Waals surface area contributed by atoms with Gasteiger partial charge < -0.3 is 19.5 Å². The molecule has 0 radical (unpaired) electrons. The standard InChI is InChI=1S/C19H19Cl2NO5/c1-3-26-10-13-9-12(7-8-16(13)25-2)19(24)27-11-17(23)22-15-6-4-5-14(20)18(15)21/h4-9H,3,10-11H2,1-2H3,(H,22,23). The third-order valence-electron chi connectivity index (χ3n) is 3.54. The minimum absolute atomic E-state index is 0.217. The quantitative estimate of drug-likeness (QED) is 0.654. The van der Waals surface area contributed by atoms with Gasteiger partial charge in [0.05, 0.1) is 35.0 Å². The molecule has 0 aliphatic carbocycles. The Morgan fingerprint density at radius 1 is 1.15 bits per heavy atom. The lowest BCUT2D eigenvalue weighted by molar-refractivity contribution is -0.119. The normalized spacial score (nSPS) is 10.4. The Morgan fingerprint density at radius 2 is 1.93 bits per heavy atom. The molecule has 0 spiro atoms. The van der Waals surface area contributed by atoms with Crippen LogP contribution in [0.5, 0.6) is 5.75 Å². The first kappa shape index (κ1) is 21.0. The summed E-state index contributed by atoms with van der Waals surface area (Å²) < 4.78 is 15.7. The van der Waals surface area contributed by atoms with Crippen LogP contribution in [0.2, 0.25) is 10.0 Å². The number of hydrogen-bond donors (Lipinski definition) is 1. The Bertz CT molecular complexity index is 826. The van der Waals surface area contributed by atoms with Gasteiger partial charge in [0.2, 0.25) is 0 Å². The van der Waals surface area contributed by atoms with Crippen LogP contribution in [0.4, 0.5) is 5.69 Å². The van der Waals surface area contributed by atoms with Gasteiger partial charge in [0, 0.05) is 12.2 Å². The molecular weight excluding hydrogens is 393 g/mol. The summed E-state index contributed by atoms with van der Waals surface area (Å²) in [4.78, 5) is 24.2. The van der Waals surface area contributed by atoms with E-state index in [1.54, 1.807) is 36.4 Å². The molecule has 0 saturated heterocycles. The van der Waals surface area contributed by atoms with Crippen molar-refractivity contribution in [1.29, 1.82) is 0 Å². The average molecular weight is 412 g/mol. The SMILES string of the molecule is CCOCc1cc(C(=O)OCC(=O)Nc2cccc(Cl)c2Cl)ccc1OC. The molecule has 0 aliphatic heterocycles. The first-order valence-electron chi connectivity index (χ1n) is 8.11. The number of hydrogen-bond acceptors (Lipinski definition) is 5. The van der Waals surface area contributed by atoms with Gasteiger partial charge in [-0.15, -0.1) is 0 Å². The molecule has 0 fully saturated rings. The molecule has 2 aromatic carbocycles. The van der Waals surface area contributed by atoms with E-state index < -0.39 is 18.5 Å². The number of benzene rings is 2. The molecule has 144 valence electrons. The highest BCUT2D eigenvalue weighted by Crippen LogP contribution is 2.29. The van der Waals surface area contributed by atoms with Gasteiger partial charge in [0.1, 0.15) is 5.75 Å². The van der Waals surface area contributed by atoms with Crippen LogP contribution in [0.1, 0.15) is 22.8 Å². The van der Waals surface area contributed by atoms with Crippen molar-refractivity contribution in [3.63, 3.8) is 0 Å². The van der Waals surface area contributed by atoms with E-state index in [4.69, 9.17) is 37.4 Å². The van der Waals surface area contributed by atoms with Crippen molar-refractivity contribution in [2.75, 3.05) is 25.6 Å². The number of amides is 1. The topological polar surface area (TPSA) is 73.9 Å². The predicted molar refractivity (Wildman–Crippen MR) is 104 cm³/mol. The number of carbonyl (C=O) groups excluding carboxylic acids is 2. The summed E-state index contributed by atoms with van der Waals surface area (Å²) in [5.74, 6) is -0.563. The van der Waals surface area contributed by atoms with Crippen molar-refractivity contribution in [2.45, 2.75) is 13.5 Å². The molecular formula is C19H19Cl2NO5. The Labute approximate surface area is 167 Å². The third-order valence-corrected chi connectivity index (χ3v) is 4.36. The van der Waals surface area contributed by atoms with Crippen molar-refractivity contribution in [2.24, 2.45) is 0 Å². The molecule has 0 unspecified atom stereocenters. The lowest BCUT2D eigenvalue weighted by atomic mass is 10.1. The van der Waals surface area contributed by atoms with Crippen molar-refractivity contribution in [1.82, 2.24) is 0 Å². The molecule has 8 heteroatoms. The zero-order chi connectivity index (χ0) is 19.8. The van der Waals surface area contributed by atoms with Crippen molar-refractivity contribution < 1.29 is 23.8 Å². The Kier molecular flexibility index (Phi) is 7.91. The summed E-state index contributed by atoms with van der Waals surface area (Å²) in [6.45, 7) is 2.24. The smallest absolute Gasteiger partial charge is 0.338 e. The van der Waals surface area contributed by atoms with Crippen LogP contribution in [0.25, 0.3) is 0 Å². The van der Waals surface area contributed by atoms with E-state index in [1.807, 2.05) is 6.92 Å². The Hall–Kier alpha value is -2.28. The van der Waals surface area contributed by atoms with E-state index in [0.717, 1.165) is 0 Å². The number of esters is 1. The third kappa shape index (κ3) is 5.85. The molecule has 2 aromatic rings. The summed E-state index contributed by atoms with van der Waals surface area (Å²) in [6, 6.07) is 9.66. The maximum absolute atomic E-state index is 12.2. The molecule has 27 heavy (non-hydrogen) atoms. The fraction of sp³-hybridized carbons (Fsp3) is 0.263. The second-order valence-corrected chi connectivity index (χ2v) is 6.17. The van der Waals surface area contributed by atoms with Crippen molar-refractivity contribution >= 4 is 40.8 Å². The maximum atomic E-state index is 12.2. The molecule has 0 heterocycles. The summed E-state index contributed by atoms with van der Waals surface area (Å²) in [5.41, 5.74) is 1.34. The molecule has 0 bridgehead atoms. The van der Waals surface area contributed by atoms with Crippen LogP contribution in [0, 0.1) is 0 Å². The average Bonchev–Trinajstić information content (AvgIpc) is 2.67. The van der Waals surface area contributed by atoms with Gasteiger partial charge in [-0.2, -0.15) is 0 Å². The highest BCUT2D eigenvalue weighted by molar-refractivity contribution is 6.44. The predicted octanol–water partition coefficient (Wildman–Crippen LogP) is 4.33. The Morgan fingerprint density at radius 3 is 2.63 bits per heavy atom. The minimum atomic E-state index is -0.636. The molecule has 2 rings (SSSR count).